The first-order valence-corrected chi connectivity index (χ1v) is 6.73. The van der Waals surface area contributed by atoms with Gasteiger partial charge in [0.25, 0.3) is 0 Å². The van der Waals surface area contributed by atoms with Gasteiger partial charge in [-0.3, -0.25) is 0 Å². The molecule has 2 heteroatoms. The van der Waals surface area contributed by atoms with Crippen LogP contribution in [0.4, 0.5) is 0 Å². The zero-order chi connectivity index (χ0) is 11.5. The molecule has 86 valence electrons. The molecule has 1 N–H and O–H groups in total. The van der Waals surface area contributed by atoms with Crippen LogP contribution in [0, 0.1) is 0 Å². The Bertz CT molecular complexity index is 460. The van der Waals surface area contributed by atoms with Crippen molar-refractivity contribution >= 4 is 21.4 Å². The van der Waals surface area contributed by atoms with E-state index in [1.54, 1.807) is 0 Å². The summed E-state index contributed by atoms with van der Waals surface area (Å²) in [6.07, 6.45) is 1.19. The van der Waals surface area contributed by atoms with Crippen LogP contribution in [0.25, 0.3) is 10.1 Å². The van der Waals surface area contributed by atoms with Crippen molar-refractivity contribution in [3.8, 4) is 0 Å². The van der Waals surface area contributed by atoms with E-state index in [1.165, 1.54) is 22.1 Å². The summed E-state index contributed by atoms with van der Waals surface area (Å²) in [6, 6.07) is 9.42. The van der Waals surface area contributed by atoms with Gasteiger partial charge in [-0.1, -0.05) is 25.1 Å². The van der Waals surface area contributed by atoms with Gasteiger partial charge in [0.05, 0.1) is 0 Å². The minimum Gasteiger partial charge on any atom is -0.317 e. The smallest absolute Gasteiger partial charge is 0.0377 e. The summed E-state index contributed by atoms with van der Waals surface area (Å²) in [4.78, 5) is 0. The summed E-state index contributed by atoms with van der Waals surface area (Å²) in [7, 11) is 2.03. The van der Waals surface area contributed by atoms with E-state index < -0.39 is 0 Å². The summed E-state index contributed by atoms with van der Waals surface area (Å²) >= 11 is 1.86. The minimum atomic E-state index is 0.574. The number of nitrogens with one attached hydrogen (secondary N) is 1. The van der Waals surface area contributed by atoms with Crippen molar-refractivity contribution in [1.82, 2.24) is 5.32 Å². The third kappa shape index (κ3) is 2.28. The highest BCUT2D eigenvalue weighted by Crippen LogP contribution is 2.31. The Morgan fingerprint density at radius 2 is 2.06 bits per heavy atom. The van der Waals surface area contributed by atoms with Gasteiger partial charge < -0.3 is 5.32 Å². The Morgan fingerprint density at radius 1 is 1.25 bits per heavy atom. The first-order chi connectivity index (χ1) is 7.72. The van der Waals surface area contributed by atoms with Gasteiger partial charge in [0.15, 0.2) is 0 Å². The largest absolute Gasteiger partial charge is 0.317 e. The lowest BCUT2D eigenvalue weighted by atomic mass is 9.94. The maximum atomic E-state index is 3.31. The number of hydrogen-bond acceptors (Lipinski definition) is 2. The SMILES string of the molecule is CNC(C)CC(C)c1cccc2ccsc12. The van der Waals surface area contributed by atoms with E-state index in [0.717, 1.165) is 0 Å². The third-order valence-corrected chi connectivity index (χ3v) is 4.22. The second-order valence-electron chi connectivity index (χ2n) is 4.51. The maximum Gasteiger partial charge on any atom is 0.0377 e. The number of benzene rings is 1. The summed E-state index contributed by atoms with van der Waals surface area (Å²) in [5, 5.41) is 6.87. The van der Waals surface area contributed by atoms with Crippen LogP contribution >= 0.6 is 11.3 Å². The van der Waals surface area contributed by atoms with Crippen LogP contribution < -0.4 is 5.32 Å². The minimum absolute atomic E-state index is 0.574. The predicted molar refractivity (Wildman–Crippen MR) is 73.4 cm³/mol. The third-order valence-electron chi connectivity index (χ3n) is 3.24. The van der Waals surface area contributed by atoms with Crippen LogP contribution in [0.3, 0.4) is 0 Å². The Labute approximate surface area is 101 Å². The van der Waals surface area contributed by atoms with E-state index in [-0.39, 0.29) is 0 Å². The van der Waals surface area contributed by atoms with Crippen LogP contribution in [-0.4, -0.2) is 13.1 Å². The summed E-state index contributed by atoms with van der Waals surface area (Å²) in [6.45, 7) is 4.56. The second-order valence-corrected chi connectivity index (χ2v) is 5.43. The average Bonchev–Trinajstić information content (AvgIpc) is 2.76. The Hall–Kier alpha value is -0.860. The first-order valence-electron chi connectivity index (χ1n) is 5.85. The molecule has 0 aliphatic carbocycles. The van der Waals surface area contributed by atoms with E-state index in [0.29, 0.717) is 12.0 Å². The van der Waals surface area contributed by atoms with Gasteiger partial charge in [-0.2, -0.15) is 0 Å². The van der Waals surface area contributed by atoms with Gasteiger partial charge in [0.1, 0.15) is 0 Å². The van der Waals surface area contributed by atoms with Crippen LogP contribution in [0.15, 0.2) is 29.6 Å². The van der Waals surface area contributed by atoms with E-state index in [4.69, 9.17) is 0 Å². The number of rotatable bonds is 4. The molecule has 0 fully saturated rings. The number of fused-ring (bicyclic) bond motifs is 1. The van der Waals surface area contributed by atoms with Gasteiger partial charge in [0.2, 0.25) is 0 Å². The Morgan fingerprint density at radius 3 is 2.81 bits per heavy atom. The molecule has 1 heterocycles. The molecule has 0 saturated carbocycles. The van der Waals surface area contributed by atoms with Crippen LogP contribution in [0.5, 0.6) is 0 Å². The molecule has 1 aromatic heterocycles. The fourth-order valence-corrected chi connectivity index (χ4v) is 3.21. The van der Waals surface area contributed by atoms with Gasteiger partial charge in [-0.05, 0) is 48.7 Å². The monoisotopic (exact) mass is 233 g/mol. The molecule has 0 aliphatic rings. The molecule has 0 spiro atoms. The predicted octanol–water partition coefficient (Wildman–Crippen LogP) is 4.00. The highest BCUT2D eigenvalue weighted by atomic mass is 32.1. The molecule has 0 bridgehead atoms. The highest BCUT2D eigenvalue weighted by Gasteiger charge is 2.12. The van der Waals surface area contributed by atoms with Crippen LogP contribution in [0.1, 0.15) is 31.7 Å². The van der Waals surface area contributed by atoms with Crippen molar-refractivity contribution < 1.29 is 0 Å². The van der Waals surface area contributed by atoms with Crippen LogP contribution in [0.2, 0.25) is 0 Å². The lowest BCUT2D eigenvalue weighted by Crippen LogP contribution is -2.22. The molecular formula is C14H19NS. The lowest BCUT2D eigenvalue weighted by molar-refractivity contribution is 0.518. The van der Waals surface area contributed by atoms with Gasteiger partial charge >= 0.3 is 0 Å². The molecule has 16 heavy (non-hydrogen) atoms. The van der Waals surface area contributed by atoms with Crippen molar-refractivity contribution in [2.75, 3.05) is 7.05 Å². The molecule has 0 aliphatic heterocycles. The Kier molecular flexibility index (Phi) is 3.62. The standard InChI is InChI=1S/C14H19NS/c1-10(9-11(2)15-3)13-6-4-5-12-7-8-16-14(12)13/h4-8,10-11,15H,9H2,1-3H3. The fraction of sp³-hybridized carbons (Fsp3) is 0.429. The summed E-state index contributed by atoms with van der Waals surface area (Å²) < 4.78 is 1.46. The van der Waals surface area contributed by atoms with Crippen molar-refractivity contribution in [2.45, 2.75) is 32.2 Å². The van der Waals surface area contributed by atoms with Crippen molar-refractivity contribution in [3.63, 3.8) is 0 Å². The lowest BCUT2D eigenvalue weighted by Gasteiger charge is -2.17. The van der Waals surface area contributed by atoms with Crippen molar-refractivity contribution in [1.29, 1.82) is 0 Å². The highest BCUT2D eigenvalue weighted by molar-refractivity contribution is 7.17. The first kappa shape index (κ1) is 11.6. The van der Waals surface area contributed by atoms with Crippen molar-refractivity contribution in [3.05, 3.63) is 35.2 Å². The zero-order valence-electron chi connectivity index (χ0n) is 10.2. The molecule has 2 unspecified atom stereocenters. The van der Waals surface area contributed by atoms with Gasteiger partial charge in [-0.15, -0.1) is 11.3 Å². The number of hydrogen-bond donors (Lipinski definition) is 1. The molecule has 1 nitrogen and oxygen atoms in total. The molecule has 2 atom stereocenters. The zero-order valence-corrected chi connectivity index (χ0v) is 11.0. The molecule has 0 radical (unpaired) electrons. The topological polar surface area (TPSA) is 12.0 Å². The van der Waals surface area contributed by atoms with Gasteiger partial charge in [-0.25, -0.2) is 0 Å². The van der Waals surface area contributed by atoms with E-state index >= 15 is 0 Å². The molecule has 2 rings (SSSR count). The molecule has 1 aromatic carbocycles. The number of thiophene rings is 1. The molecular weight excluding hydrogens is 214 g/mol. The molecule has 0 amide bonds. The second kappa shape index (κ2) is 4.98. The average molecular weight is 233 g/mol. The fourth-order valence-electron chi connectivity index (χ4n) is 2.18. The van der Waals surface area contributed by atoms with Crippen molar-refractivity contribution in [2.24, 2.45) is 0 Å². The normalized spacial score (nSPS) is 15.2. The van der Waals surface area contributed by atoms with E-state index in [2.05, 4.69) is 48.8 Å². The Balaban J connectivity index is 2.28. The van der Waals surface area contributed by atoms with E-state index in [9.17, 15) is 0 Å². The van der Waals surface area contributed by atoms with Gasteiger partial charge in [0, 0.05) is 10.7 Å². The summed E-state index contributed by atoms with van der Waals surface area (Å²) in [5.41, 5.74) is 1.50. The summed E-state index contributed by atoms with van der Waals surface area (Å²) in [5.74, 6) is 0.616. The maximum absolute atomic E-state index is 3.31. The molecule has 0 saturated heterocycles. The van der Waals surface area contributed by atoms with Crippen LogP contribution in [-0.2, 0) is 0 Å². The quantitative estimate of drug-likeness (QED) is 0.841. The molecule has 2 aromatic rings. The van der Waals surface area contributed by atoms with E-state index in [1.807, 2.05) is 18.4 Å².